The van der Waals surface area contributed by atoms with E-state index in [1.165, 1.54) is 6.20 Å². The maximum Gasteiger partial charge on any atom is 0.255 e. The van der Waals surface area contributed by atoms with Crippen molar-refractivity contribution in [3.63, 3.8) is 0 Å². The second-order valence-corrected chi connectivity index (χ2v) is 3.52. The molecule has 1 rings (SSSR count). The predicted molar refractivity (Wildman–Crippen MR) is 47.7 cm³/mol. The van der Waals surface area contributed by atoms with Crippen LogP contribution in [-0.4, -0.2) is 11.1 Å². The number of pyridine rings is 1. The molecule has 66 valence electrons. The number of hydrogen-bond acceptors (Lipinski definition) is 2. The van der Waals surface area contributed by atoms with Crippen molar-refractivity contribution >= 4 is 15.9 Å². The Balaban J connectivity index is 2.90. The van der Waals surface area contributed by atoms with Crippen LogP contribution < -0.4 is 4.74 Å². The maximum absolute atomic E-state index is 12.9. The van der Waals surface area contributed by atoms with E-state index in [-0.39, 0.29) is 11.9 Å². The smallest absolute Gasteiger partial charge is 0.255 e. The summed E-state index contributed by atoms with van der Waals surface area (Å²) in [5.41, 5.74) is 0. The van der Waals surface area contributed by atoms with Gasteiger partial charge in [0.2, 0.25) is 0 Å². The molecule has 0 saturated heterocycles. The zero-order valence-electron chi connectivity index (χ0n) is 6.84. The van der Waals surface area contributed by atoms with Crippen molar-refractivity contribution in [2.45, 2.75) is 20.0 Å². The Morgan fingerprint density at radius 1 is 1.58 bits per heavy atom. The Morgan fingerprint density at radius 3 is 2.83 bits per heavy atom. The lowest BCUT2D eigenvalue weighted by atomic mass is 10.4. The number of halogens is 2. The number of ether oxygens (including phenoxy) is 1. The van der Waals surface area contributed by atoms with Gasteiger partial charge in [-0.2, -0.15) is 4.39 Å². The molecule has 0 N–H and O–H groups in total. The fraction of sp³-hybridized carbons (Fsp3) is 0.375. The zero-order chi connectivity index (χ0) is 9.14. The molecule has 12 heavy (non-hydrogen) atoms. The number of rotatable bonds is 2. The van der Waals surface area contributed by atoms with Crippen LogP contribution in [0.4, 0.5) is 4.39 Å². The van der Waals surface area contributed by atoms with E-state index in [2.05, 4.69) is 20.9 Å². The highest BCUT2D eigenvalue weighted by Gasteiger charge is 2.06. The van der Waals surface area contributed by atoms with Gasteiger partial charge in [-0.3, -0.25) is 0 Å². The second kappa shape index (κ2) is 3.85. The molecule has 0 aliphatic heterocycles. The lowest BCUT2D eigenvalue weighted by Crippen LogP contribution is -2.07. The van der Waals surface area contributed by atoms with Gasteiger partial charge in [-0.25, -0.2) is 4.98 Å². The van der Waals surface area contributed by atoms with Crippen molar-refractivity contribution in [3.05, 3.63) is 22.7 Å². The van der Waals surface area contributed by atoms with Crippen LogP contribution in [0, 0.1) is 5.95 Å². The molecule has 0 aliphatic rings. The van der Waals surface area contributed by atoms with Crippen LogP contribution >= 0.6 is 15.9 Å². The highest BCUT2D eigenvalue weighted by Crippen LogP contribution is 2.20. The van der Waals surface area contributed by atoms with Crippen LogP contribution in [0.25, 0.3) is 0 Å². The maximum atomic E-state index is 12.9. The molecule has 1 aromatic rings. The summed E-state index contributed by atoms with van der Waals surface area (Å²) in [4.78, 5) is 3.49. The van der Waals surface area contributed by atoms with Gasteiger partial charge < -0.3 is 4.74 Å². The molecule has 4 heteroatoms. The van der Waals surface area contributed by atoms with E-state index >= 15 is 0 Å². The van der Waals surface area contributed by atoms with Crippen LogP contribution in [-0.2, 0) is 0 Å². The number of nitrogens with zero attached hydrogens (tertiary/aromatic N) is 1. The van der Waals surface area contributed by atoms with Gasteiger partial charge >= 0.3 is 0 Å². The molecule has 1 aromatic heterocycles. The summed E-state index contributed by atoms with van der Waals surface area (Å²) in [7, 11) is 0. The van der Waals surface area contributed by atoms with E-state index in [0.717, 1.165) is 0 Å². The van der Waals surface area contributed by atoms with Crippen molar-refractivity contribution < 1.29 is 9.13 Å². The minimum absolute atomic E-state index is 0.0457. The van der Waals surface area contributed by atoms with Crippen LogP contribution in [0.1, 0.15) is 13.8 Å². The number of aromatic nitrogens is 1. The van der Waals surface area contributed by atoms with Gasteiger partial charge in [0.15, 0.2) is 5.75 Å². The minimum atomic E-state index is -0.577. The van der Waals surface area contributed by atoms with Crippen molar-refractivity contribution in [2.75, 3.05) is 0 Å². The van der Waals surface area contributed by atoms with E-state index in [4.69, 9.17) is 4.74 Å². The first-order chi connectivity index (χ1) is 5.59. The average Bonchev–Trinajstić information content (AvgIpc) is 1.96. The average molecular weight is 234 g/mol. The summed E-state index contributed by atoms with van der Waals surface area (Å²) in [6, 6.07) is 1.56. The fourth-order valence-corrected chi connectivity index (χ4v) is 1.05. The molecule has 0 atom stereocenters. The van der Waals surface area contributed by atoms with Gasteiger partial charge in [0.1, 0.15) is 0 Å². The van der Waals surface area contributed by atoms with Gasteiger partial charge in [0.05, 0.1) is 6.10 Å². The van der Waals surface area contributed by atoms with Crippen LogP contribution in [0.5, 0.6) is 5.75 Å². The third kappa shape index (κ3) is 2.44. The third-order valence-electron chi connectivity index (χ3n) is 1.14. The molecule has 0 amide bonds. The minimum Gasteiger partial charge on any atom is -0.486 e. The Morgan fingerprint density at radius 2 is 2.25 bits per heavy atom. The molecular weight excluding hydrogens is 225 g/mol. The molecule has 0 unspecified atom stereocenters. The van der Waals surface area contributed by atoms with Crippen LogP contribution in [0.2, 0.25) is 0 Å². The SMILES string of the molecule is CC(C)Oc1cc(Br)cnc1F. The molecule has 0 radical (unpaired) electrons. The monoisotopic (exact) mass is 233 g/mol. The summed E-state index contributed by atoms with van der Waals surface area (Å²) in [5.74, 6) is -0.397. The molecule has 1 heterocycles. The van der Waals surface area contributed by atoms with Gasteiger partial charge in [-0.1, -0.05) is 0 Å². The highest BCUT2D eigenvalue weighted by atomic mass is 79.9. The van der Waals surface area contributed by atoms with E-state index in [9.17, 15) is 4.39 Å². The summed E-state index contributed by atoms with van der Waals surface area (Å²) in [6.45, 7) is 3.67. The molecule has 0 bridgehead atoms. The highest BCUT2D eigenvalue weighted by molar-refractivity contribution is 9.10. The molecule has 0 fully saturated rings. The van der Waals surface area contributed by atoms with Crippen molar-refractivity contribution in [3.8, 4) is 5.75 Å². The van der Waals surface area contributed by atoms with Gasteiger partial charge in [-0.05, 0) is 29.8 Å². The quantitative estimate of drug-likeness (QED) is 0.734. The Labute approximate surface area is 78.9 Å². The van der Waals surface area contributed by atoms with E-state index in [0.29, 0.717) is 4.47 Å². The lowest BCUT2D eigenvalue weighted by Gasteiger charge is -2.09. The molecular formula is C8H9BrFNO. The standard InChI is InChI=1S/C8H9BrFNO/c1-5(2)12-7-3-6(9)4-11-8(7)10/h3-5H,1-2H3. The van der Waals surface area contributed by atoms with Crippen LogP contribution in [0.15, 0.2) is 16.7 Å². The van der Waals surface area contributed by atoms with Gasteiger partial charge in [0.25, 0.3) is 5.95 Å². The third-order valence-corrected chi connectivity index (χ3v) is 1.57. The first kappa shape index (κ1) is 9.45. The lowest BCUT2D eigenvalue weighted by molar-refractivity contribution is 0.228. The van der Waals surface area contributed by atoms with Crippen molar-refractivity contribution in [1.29, 1.82) is 0 Å². The first-order valence-corrected chi connectivity index (χ1v) is 4.36. The summed E-state index contributed by atoms with van der Waals surface area (Å²) < 4.78 is 18.7. The Bertz CT molecular complexity index is 278. The second-order valence-electron chi connectivity index (χ2n) is 2.61. The topological polar surface area (TPSA) is 22.1 Å². The van der Waals surface area contributed by atoms with E-state index in [1.807, 2.05) is 13.8 Å². The van der Waals surface area contributed by atoms with Crippen molar-refractivity contribution in [2.24, 2.45) is 0 Å². The summed E-state index contributed by atoms with van der Waals surface area (Å²) in [6.07, 6.45) is 1.35. The molecule has 0 saturated carbocycles. The zero-order valence-corrected chi connectivity index (χ0v) is 8.43. The first-order valence-electron chi connectivity index (χ1n) is 3.57. The van der Waals surface area contributed by atoms with Gasteiger partial charge in [0, 0.05) is 16.7 Å². The predicted octanol–water partition coefficient (Wildman–Crippen LogP) is 2.77. The van der Waals surface area contributed by atoms with Crippen LogP contribution in [0.3, 0.4) is 0 Å². The van der Waals surface area contributed by atoms with Gasteiger partial charge in [-0.15, -0.1) is 0 Å². The largest absolute Gasteiger partial charge is 0.486 e. The molecule has 0 spiro atoms. The van der Waals surface area contributed by atoms with E-state index in [1.54, 1.807) is 6.07 Å². The Kier molecular flexibility index (Phi) is 3.03. The number of hydrogen-bond donors (Lipinski definition) is 0. The summed E-state index contributed by atoms with van der Waals surface area (Å²) >= 11 is 3.18. The molecule has 2 nitrogen and oxygen atoms in total. The fourth-order valence-electron chi connectivity index (χ4n) is 0.741. The summed E-state index contributed by atoms with van der Waals surface area (Å²) in [5, 5.41) is 0. The molecule has 0 aromatic carbocycles. The molecule has 0 aliphatic carbocycles. The normalized spacial score (nSPS) is 10.4. The Hall–Kier alpha value is -0.640. The van der Waals surface area contributed by atoms with Crippen molar-refractivity contribution in [1.82, 2.24) is 4.98 Å². The van der Waals surface area contributed by atoms with E-state index < -0.39 is 5.95 Å².